The molecule has 4 fully saturated rings. The van der Waals surface area contributed by atoms with Gasteiger partial charge in [0.25, 0.3) is 0 Å². The van der Waals surface area contributed by atoms with Crippen molar-refractivity contribution in [3.8, 4) is 0 Å². The third-order valence-electron chi connectivity index (χ3n) is 10.5. The van der Waals surface area contributed by atoms with Crippen LogP contribution in [0, 0.1) is 46.3 Å². The molecule has 33 heavy (non-hydrogen) atoms. The Bertz CT molecular complexity index is 797. The number of halogens is 1. The van der Waals surface area contributed by atoms with E-state index in [4.69, 9.17) is 9.47 Å². The van der Waals surface area contributed by atoms with E-state index in [2.05, 4.69) is 36.7 Å². The summed E-state index contributed by atoms with van der Waals surface area (Å²) >= 11 is 3.96. The van der Waals surface area contributed by atoms with Gasteiger partial charge in [0.15, 0.2) is 5.78 Å². The zero-order valence-electron chi connectivity index (χ0n) is 20.9. The number of rotatable bonds is 5. The highest BCUT2D eigenvalue weighted by atomic mass is 79.9. The smallest absolute Gasteiger partial charge is 0.305 e. The molecule has 0 aromatic heterocycles. The zero-order chi connectivity index (χ0) is 24.1. The molecule has 4 saturated carbocycles. The maximum atomic E-state index is 14.1. The number of methoxy groups -OCH3 is 1. The van der Waals surface area contributed by atoms with E-state index >= 15 is 0 Å². The predicted octanol–water partition coefficient (Wildman–Crippen LogP) is 5.72. The van der Waals surface area contributed by atoms with Gasteiger partial charge in [0.1, 0.15) is 6.10 Å². The average Bonchev–Trinajstić information content (AvgIpc) is 3.13. The molecule has 0 spiro atoms. The Morgan fingerprint density at radius 1 is 1.15 bits per heavy atom. The molecule has 10 atom stereocenters. The number of alkyl halides is 1. The van der Waals surface area contributed by atoms with E-state index < -0.39 is 0 Å². The van der Waals surface area contributed by atoms with E-state index in [1.54, 1.807) is 0 Å². The van der Waals surface area contributed by atoms with Crippen LogP contribution in [0.4, 0.5) is 0 Å². The Labute approximate surface area is 207 Å². The van der Waals surface area contributed by atoms with E-state index in [9.17, 15) is 14.4 Å². The molecule has 0 amide bonds. The summed E-state index contributed by atoms with van der Waals surface area (Å²) in [5, 5.41) is 0. The van der Waals surface area contributed by atoms with Crippen LogP contribution in [0.3, 0.4) is 0 Å². The first-order valence-corrected chi connectivity index (χ1v) is 13.9. The summed E-state index contributed by atoms with van der Waals surface area (Å²) in [6.07, 6.45) is 8.62. The van der Waals surface area contributed by atoms with E-state index in [1.165, 1.54) is 20.5 Å². The standard InChI is InChI=1S/C27H41BrO5/c1-15(6-11-22(30)32-5)20-9-10-21-19-8-7-17-14-18(33-16(2)29)12-13-26(17,3)23(19)24(28)25(31)27(20,21)4/h15,17-21,23-24H,6-14H2,1-5H3/t15-,17-,18-,19+,20+,21-,23-,24+,26+,27+/m1/s1. The number of fused-ring (bicyclic) bond motifs is 5. The number of ether oxygens (including phenoxy) is 2. The minimum Gasteiger partial charge on any atom is -0.469 e. The highest BCUT2D eigenvalue weighted by molar-refractivity contribution is 9.10. The maximum absolute atomic E-state index is 14.1. The van der Waals surface area contributed by atoms with Crippen molar-refractivity contribution < 1.29 is 23.9 Å². The van der Waals surface area contributed by atoms with Crippen LogP contribution >= 0.6 is 15.9 Å². The van der Waals surface area contributed by atoms with Crippen LogP contribution in [-0.2, 0) is 23.9 Å². The Hall–Kier alpha value is -0.910. The molecule has 6 heteroatoms. The first kappa shape index (κ1) is 25.2. The van der Waals surface area contributed by atoms with Crippen molar-refractivity contribution in [1.82, 2.24) is 0 Å². The van der Waals surface area contributed by atoms with Crippen LogP contribution in [0.25, 0.3) is 0 Å². The number of hydrogen-bond donors (Lipinski definition) is 0. The molecule has 0 radical (unpaired) electrons. The van der Waals surface area contributed by atoms with Crippen LogP contribution in [0.1, 0.15) is 85.5 Å². The Kier molecular flexibility index (Phi) is 7.08. The van der Waals surface area contributed by atoms with Gasteiger partial charge in [0, 0.05) is 18.8 Å². The molecule has 0 aromatic rings. The fraction of sp³-hybridized carbons (Fsp3) is 0.889. The molecule has 0 N–H and O–H groups in total. The highest BCUT2D eigenvalue weighted by Gasteiger charge is 2.66. The highest BCUT2D eigenvalue weighted by Crippen LogP contribution is 2.68. The van der Waals surface area contributed by atoms with Crippen LogP contribution in [0.2, 0.25) is 0 Å². The second kappa shape index (κ2) is 9.28. The summed E-state index contributed by atoms with van der Waals surface area (Å²) < 4.78 is 10.4. The van der Waals surface area contributed by atoms with Gasteiger partial charge in [-0.2, -0.15) is 0 Å². The topological polar surface area (TPSA) is 69.7 Å². The van der Waals surface area contributed by atoms with Crippen LogP contribution in [-0.4, -0.2) is 35.8 Å². The van der Waals surface area contributed by atoms with Crippen molar-refractivity contribution in [3.63, 3.8) is 0 Å². The minimum absolute atomic E-state index is 0.0296. The van der Waals surface area contributed by atoms with Gasteiger partial charge in [-0.25, -0.2) is 0 Å². The molecule has 0 unspecified atom stereocenters. The number of esters is 2. The third kappa shape index (κ3) is 4.10. The Morgan fingerprint density at radius 3 is 2.55 bits per heavy atom. The quantitative estimate of drug-likeness (QED) is 0.339. The second-order valence-electron chi connectivity index (χ2n) is 11.9. The molecule has 0 bridgehead atoms. The number of Topliss-reactive ketones (excluding diaryl/α,β-unsaturated/α-hetero) is 1. The molecular weight excluding hydrogens is 484 g/mol. The summed E-state index contributed by atoms with van der Waals surface area (Å²) in [4.78, 5) is 37.2. The Balaban J connectivity index is 1.55. The van der Waals surface area contributed by atoms with Crippen molar-refractivity contribution >= 4 is 33.7 Å². The molecule has 0 saturated heterocycles. The summed E-state index contributed by atoms with van der Waals surface area (Å²) in [6.45, 7) is 8.37. The van der Waals surface area contributed by atoms with Crippen molar-refractivity contribution in [2.75, 3.05) is 7.11 Å². The van der Waals surface area contributed by atoms with Crippen molar-refractivity contribution in [1.29, 1.82) is 0 Å². The molecule has 4 aliphatic rings. The fourth-order valence-electron chi connectivity index (χ4n) is 8.92. The lowest BCUT2D eigenvalue weighted by molar-refractivity contribution is -0.165. The van der Waals surface area contributed by atoms with E-state index in [1.807, 2.05) is 0 Å². The van der Waals surface area contributed by atoms with Gasteiger partial charge in [-0.15, -0.1) is 0 Å². The van der Waals surface area contributed by atoms with Gasteiger partial charge in [0.2, 0.25) is 0 Å². The number of carbonyl (C=O) groups is 3. The maximum Gasteiger partial charge on any atom is 0.305 e. The molecule has 4 rings (SSSR count). The van der Waals surface area contributed by atoms with Crippen LogP contribution < -0.4 is 0 Å². The Morgan fingerprint density at radius 2 is 1.88 bits per heavy atom. The monoisotopic (exact) mass is 524 g/mol. The molecule has 0 aromatic carbocycles. The lowest BCUT2D eigenvalue weighted by atomic mass is 9.44. The summed E-state index contributed by atoms with van der Waals surface area (Å²) in [6, 6.07) is 0. The van der Waals surface area contributed by atoms with Crippen LogP contribution in [0.5, 0.6) is 0 Å². The lowest BCUT2D eigenvalue weighted by Gasteiger charge is -2.62. The summed E-state index contributed by atoms with van der Waals surface area (Å²) in [7, 11) is 1.44. The largest absolute Gasteiger partial charge is 0.469 e. The third-order valence-corrected chi connectivity index (χ3v) is 11.5. The molecule has 0 heterocycles. The number of ketones is 1. The van der Waals surface area contributed by atoms with Crippen molar-refractivity contribution in [2.45, 2.75) is 96.4 Å². The first-order valence-electron chi connectivity index (χ1n) is 13.0. The molecule has 4 aliphatic carbocycles. The van der Waals surface area contributed by atoms with Gasteiger partial charge in [-0.3, -0.25) is 14.4 Å². The van der Waals surface area contributed by atoms with Crippen molar-refractivity contribution in [2.24, 2.45) is 46.3 Å². The van der Waals surface area contributed by atoms with Crippen molar-refractivity contribution in [3.05, 3.63) is 0 Å². The van der Waals surface area contributed by atoms with Crippen LogP contribution in [0.15, 0.2) is 0 Å². The SMILES string of the molecule is COC(=O)CC[C@@H](C)[C@@H]1CC[C@@H]2[C@@H]3CC[C@@H]4C[C@H](OC(C)=O)CC[C@]4(C)[C@H]3[C@H](Br)C(=O)[C@]21C. The molecule has 186 valence electrons. The van der Waals surface area contributed by atoms with Gasteiger partial charge in [-0.05, 0) is 92.3 Å². The van der Waals surface area contributed by atoms with Gasteiger partial charge >= 0.3 is 11.9 Å². The fourth-order valence-corrected chi connectivity index (χ4v) is 10.4. The van der Waals surface area contributed by atoms with E-state index in [0.29, 0.717) is 47.7 Å². The van der Waals surface area contributed by atoms with Gasteiger partial charge < -0.3 is 9.47 Å². The van der Waals surface area contributed by atoms with E-state index in [-0.39, 0.29) is 33.7 Å². The molecule has 0 aliphatic heterocycles. The summed E-state index contributed by atoms with van der Waals surface area (Å²) in [5.74, 6) is 2.54. The molecular formula is C27H41BrO5. The average molecular weight is 526 g/mol. The molecule has 5 nitrogen and oxygen atoms in total. The number of hydrogen-bond acceptors (Lipinski definition) is 5. The van der Waals surface area contributed by atoms with Gasteiger partial charge in [-0.1, -0.05) is 36.7 Å². The second-order valence-corrected chi connectivity index (χ2v) is 12.9. The lowest BCUT2D eigenvalue weighted by Crippen LogP contribution is -2.62. The van der Waals surface area contributed by atoms with Gasteiger partial charge in [0.05, 0.1) is 11.9 Å². The van der Waals surface area contributed by atoms with E-state index in [0.717, 1.165) is 44.9 Å². The minimum atomic E-state index is -0.316. The predicted molar refractivity (Wildman–Crippen MR) is 130 cm³/mol. The first-order chi connectivity index (χ1) is 15.5. The summed E-state index contributed by atoms with van der Waals surface area (Å²) in [5.41, 5.74) is -0.206. The normalized spacial score (nSPS) is 45.4. The number of carbonyl (C=O) groups excluding carboxylic acids is 3. The zero-order valence-corrected chi connectivity index (χ0v) is 22.5.